The van der Waals surface area contributed by atoms with E-state index in [2.05, 4.69) is 4.90 Å². The molecular formula is C21H33N3O6. The SMILES string of the molecule is COc1ccc(N2CCN(C(=O)C(CC(C)C)[C@H](O)C(=O)NO)C(C)C2)cc1OC. The van der Waals surface area contributed by atoms with Crippen LogP contribution in [-0.4, -0.2) is 73.0 Å². The van der Waals surface area contributed by atoms with Crippen molar-refractivity contribution < 1.29 is 29.4 Å². The molecule has 0 aromatic heterocycles. The molecule has 30 heavy (non-hydrogen) atoms. The van der Waals surface area contributed by atoms with Crippen LogP contribution in [0.4, 0.5) is 5.69 Å². The van der Waals surface area contributed by atoms with E-state index >= 15 is 0 Å². The van der Waals surface area contributed by atoms with Crippen LogP contribution in [-0.2, 0) is 9.59 Å². The van der Waals surface area contributed by atoms with Gasteiger partial charge in [0.1, 0.15) is 6.10 Å². The Bertz CT molecular complexity index is 741. The summed E-state index contributed by atoms with van der Waals surface area (Å²) in [5.41, 5.74) is 2.41. The van der Waals surface area contributed by atoms with Gasteiger partial charge in [-0.05, 0) is 31.4 Å². The van der Waals surface area contributed by atoms with Gasteiger partial charge in [0.2, 0.25) is 5.91 Å². The van der Waals surface area contributed by atoms with Crippen LogP contribution in [0.1, 0.15) is 27.2 Å². The fourth-order valence-electron chi connectivity index (χ4n) is 3.88. The Labute approximate surface area is 177 Å². The second-order valence-corrected chi connectivity index (χ2v) is 8.02. The molecule has 0 aliphatic carbocycles. The van der Waals surface area contributed by atoms with Crippen LogP contribution in [0, 0.1) is 11.8 Å². The first-order valence-electron chi connectivity index (χ1n) is 10.1. The van der Waals surface area contributed by atoms with E-state index in [1.807, 2.05) is 39.0 Å². The molecule has 2 rings (SSSR count). The maximum Gasteiger partial charge on any atom is 0.272 e. The van der Waals surface area contributed by atoms with E-state index in [0.717, 1.165) is 5.69 Å². The topological polar surface area (TPSA) is 112 Å². The average molecular weight is 424 g/mol. The maximum atomic E-state index is 13.2. The quantitative estimate of drug-likeness (QED) is 0.426. The monoisotopic (exact) mass is 423 g/mol. The molecule has 1 aliphatic rings. The normalized spacial score (nSPS) is 18.7. The number of hydrogen-bond donors (Lipinski definition) is 3. The smallest absolute Gasteiger partial charge is 0.272 e. The number of piperazine rings is 1. The zero-order valence-electron chi connectivity index (χ0n) is 18.3. The minimum absolute atomic E-state index is 0.100. The molecule has 1 fully saturated rings. The van der Waals surface area contributed by atoms with Crippen molar-refractivity contribution in [2.45, 2.75) is 39.3 Å². The molecule has 1 saturated heterocycles. The van der Waals surface area contributed by atoms with Gasteiger partial charge in [0, 0.05) is 37.4 Å². The molecule has 3 atom stereocenters. The van der Waals surface area contributed by atoms with Crippen molar-refractivity contribution in [3.63, 3.8) is 0 Å². The fourth-order valence-corrected chi connectivity index (χ4v) is 3.88. The van der Waals surface area contributed by atoms with Crippen molar-refractivity contribution in [2.75, 3.05) is 38.8 Å². The lowest BCUT2D eigenvalue weighted by Gasteiger charge is -2.42. The van der Waals surface area contributed by atoms with Crippen LogP contribution in [0.15, 0.2) is 18.2 Å². The molecule has 9 nitrogen and oxygen atoms in total. The molecule has 1 aromatic carbocycles. The summed E-state index contributed by atoms with van der Waals surface area (Å²) in [6, 6.07) is 5.57. The van der Waals surface area contributed by atoms with Gasteiger partial charge in [-0.25, -0.2) is 5.48 Å². The third-order valence-corrected chi connectivity index (χ3v) is 5.45. The van der Waals surface area contributed by atoms with Gasteiger partial charge >= 0.3 is 0 Å². The summed E-state index contributed by atoms with van der Waals surface area (Å²) in [6.07, 6.45) is -1.25. The maximum absolute atomic E-state index is 13.2. The number of methoxy groups -OCH3 is 2. The molecule has 2 amide bonds. The van der Waals surface area contributed by atoms with Gasteiger partial charge in [-0.1, -0.05) is 13.8 Å². The summed E-state index contributed by atoms with van der Waals surface area (Å²) in [6.45, 7) is 7.43. The predicted molar refractivity (Wildman–Crippen MR) is 112 cm³/mol. The number of carbonyl (C=O) groups is 2. The van der Waals surface area contributed by atoms with Crippen molar-refractivity contribution in [2.24, 2.45) is 11.8 Å². The molecule has 1 heterocycles. The average Bonchev–Trinajstić information content (AvgIpc) is 2.75. The van der Waals surface area contributed by atoms with Gasteiger partial charge in [0.05, 0.1) is 20.1 Å². The molecule has 0 bridgehead atoms. The molecule has 0 spiro atoms. The lowest BCUT2D eigenvalue weighted by molar-refractivity contribution is -0.152. The van der Waals surface area contributed by atoms with Crippen molar-refractivity contribution in [3.8, 4) is 11.5 Å². The highest BCUT2D eigenvalue weighted by Gasteiger charge is 2.38. The number of benzene rings is 1. The minimum atomic E-state index is -1.60. The summed E-state index contributed by atoms with van der Waals surface area (Å²) < 4.78 is 10.7. The summed E-state index contributed by atoms with van der Waals surface area (Å²) in [5.74, 6) is -0.771. The third-order valence-electron chi connectivity index (χ3n) is 5.45. The molecule has 2 unspecified atom stereocenters. The summed E-state index contributed by atoms with van der Waals surface area (Å²) in [7, 11) is 3.17. The third kappa shape index (κ3) is 5.34. The predicted octanol–water partition coefficient (Wildman–Crippen LogP) is 1.27. The summed E-state index contributed by atoms with van der Waals surface area (Å²) in [4.78, 5) is 28.8. The Morgan fingerprint density at radius 2 is 1.87 bits per heavy atom. The zero-order valence-corrected chi connectivity index (χ0v) is 18.3. The van der Waals surface area contributed by atoms with E-state index in [-0.39, 0.29) is 17.9 Å². The van der Waals surface area contributed by atoms with E-state index in [0.29, 0.717) is 37.6 Å². The van der Waals surface area contributed by atoms with Crippen LogP contribution in [0.3, 0.4) is 0 Å². The number of rotatable bonds is 8. The van der Waals surface area contributed by atoms with E-state index in [9.17, 15) is 14.7 Å². The molecule has 0 saturated carbocycles. The van der Waals surface area contributed by atoms with E-state index < -0.39 is 17.9 Å². The largest absolute Gasteiger partial charge is 0.493 e. The second-order valence-electron chi connectivity index (χ2n) is 8.02. The Kier molecular flexibility index (Phi) is 8.31. The fraction of sp³-hybridized carbons (Fsp3) is 0.619. The zero-order chi connectivity index (χ0) is 22.4. The second kappa shape index (κ2) is 10.5. The first kappa shape index (κ1) is 23.8. The standard InChI is InChI=1S/C21H33N3O6/c1-13(2)10-16(19(25)20(26)22-28)21(27)24-9-8-23(12-14(24)3)15-6-7-17(29-4)18(11-15)30-5/h6-7,11,13-14,16,19,25,28H,8-10,12H2,1-5H3,(H,22,26)/t14?,16?,19-/m0/s1. The van der Waals surface area contributed by atoms with Crippen molar-refractivity contribution in [1.29, 1.82) is 0 Å². The number of hydrogen-bond acceptors (Lipinski definition) is 7. The first-order valence-corrected chi connectivity index (χ1v) is 10.1. The highest BCUT2D eigenvalue weighted by atomic mass is 16.5. The number of ether oxygens (including phenoxy) is 2. The Balaban J connectivity index is 2.14. The molecule has 3 N–H and O–H groups in total. The minimum Gasteiger partial charge on any atom is -0.493 e. The number of aliphatic hydroxyl groups excluding tert-OH is 1. The molecular weight excluding hydrogens is 390 g/mol. The Hall–Kier alpha value is -2.52. The van der Waals surface area contributed by atoms with E-state index in [4.69, 9.17) is 14.7 Å². The van der Waals surface area contributed by atoms with Gasteiger partial charge in [-0.3, -0.25) is 14.8 Å². The number of nitrogens with one attached hydrogen (secondary N) is 1. The number of nitrogens with zero attached hydrogens (tertiary/aromatic N) is 2. The summed E-state index contributed by atoms with van der Waals surface area (Å²) >= 11 is 0. The number of aliphatic hydroxyl groups is 1. The van der Waals surface area contributed by atoms with E-state index in [1.165, 1.54) is 5.48 Å². The van der Waals surface area contributed by atoms with Gasteiger partial charge in [-0.15, -0.1) is 0 Å². The van der Waals surface area contributed by atoms with Crippen molar-refractivity contribution in [3.05, 3.63) is 18.2 Å². The van der Waals surface area contributed by atoms with Gasteiger partial charge in [-0.2, -0.15) is 0 Å². The van der Waals surface area contributed by atoms with Gasteiger partial charge < -0.3 is 24.4 Å². The molecule has 1 aliphatic heterocycles. The molecule has 0 radical (unpaired) electrons. The van der Waals surface area contributed by atoms with Crippen LogP contribution >= 0.6 is 0 Å². The Morgan fingerprint density at radius 1 is 1.20 bits per heavy atom. The lowest BCUT2D eigenvalue weighted by Crippen LogP contribution is -2.57. The molecule has 1 aromatic rings. The summed E-state index contributed by atoms with van der Waals surface area (Å²) in [5, 5.41) is 19.2. The lowest BCUT2D eigenvalue weighted by atomic mass is 9.89. The van der Waals surface area contributed by atoms with Crippen molar-refractivity contribution in [1.82, 2.24) is 10.4 Å². The van der Waals surface area contributed by atoms with Crippen LogP contribution in [0.25, 0.3) is 0 Å². The molecule has 168 valence electrons. The first-order chi connectivity index (χ1) is 14.2. The Morgan fingerprint density at radius 3 is 2.40 bits per heavy atom. The highest BCUT2D eigenvalue weighted by molar-refractivity contribution is 5.89. The number of amides is 2. The van der Waals surface area contributed by atoms with Gasteiger partial charge in [0.25, 0.3) is 5.91 Å². The van der Waals surface area contributed by atoms with Crippen LogP contribution in [0.2, 0.25) is 0 Å². The number of anilines is 1. The number of hydroxylamine groups is 1. The highest BCUT2D eigenvalue weighted by Crippen LogP contribution is 2.32. The van der Waals surface area contributed by atoms with Gasteiger partial charge in [0.15, 0.2) is 11.5 Å². The van der Waals surface area contributed by atoms with E-state index in [1.54, 1.807) is 19.1 Å². The van der Waals surface area contributed by atoms with Crippen molar-refractivity contribution >= 4 is 17.5 Å². The number of carbonyl (C=O) groups excluding carboxylic acids is 2. The van der Waals surface area contributed by atoms with Crippen LogP contribution < -0.4 is 19.9 Å². The molecule has 9 heteroatoms. The van der Waals surface area contributed by atoms with Crippen LogP contribution in [0.5, 0.6) is 11.5 Å².